The zero-order valence-corrected chi connectivity index (χ0v) is 13.1. The van der Waals surface area contributed by atoms with Crippen molar-refractivity contribution in [1.82, 2.24) is 0 Å². The summed E-state index contributed by atoms with van der Waals surface area (Å²) in [5.41, 5.74) is 6.70. The summed E-state index contributed by atoms with van der Waals surface area (Å²) in [6, 6.07) is 5.48. The normalized spacial score (nSPS) is 11.2. The van der Waals surface area contributed by atoms with E-state index in [0.717, 1.165) is 24.8 Å². The van der Waals surface area contributed by atoms with Gasteiger partial charge in [0, 0.05) is 10.7 Å². The predicted octanol–water partition coefficient (Wildman–Crippen LogP) is 3.97. The first-order valence-electron chi connectivity index (χ1n) is 6.80. The number of anilines is 1. The Balaban J connectivity index is 2.76. The summed E-state index contributed by atoms with van der Waals surface area (Å²) in [5, 5.41) is 3.34. The van der Waals surface area contributed by atoms with Gasteiger partial charge in [-0.1, -0.05) is 17.7 Å². The molecule has 112 valence electrons. The van der Waals surface area contributed by atoms with Crippen molar-refractivity contribution in [2.24, 2.45) is 5.73 Å². The summed E-state index contributed by atoms with van der Waals surface area (Å²) < 4.78 is 5.25. The molecule has 5 heteroatoms. The van der Waals surface area contributed by atoms with Crippen LogP contribution in [0.25, 0.3) is 0 Å². The van der Waals surface area contributed by atoms with Gasteiger partial charge in [0.1, 0.15) is 5.60 Å². The molecule has 0 unspecified atom stereocenters. The van der Waals surface area contributed by atoms with E-state index in [-0.39, 0.29) is 0 Å². The number of ether oxygens (including phenoxy) is 1. The van der Waals surface area contributed by atoms with Gasteiger partial charge in [0.05, 0.1) is 0 Å². The van der Waals surface area contributed by atoms with Gasteiger partial charge in [0.2, 0.25) is 0 Å². The van der Waals surface area contributed by atoms with Crippen molar-refractivity contribution in [3.05, 3.63) is 28.8 Å². The zero-order chi connectivity index (χ0) is 15.2. The molecule has 0 atom stereocenters. The topological polar surface area (TPSA) is 64.3 Å². The van der Waals surface area contributed by atoms with Crippen molar-refractivity contribution >= 4 is 23.4 Å². The minimum atomic E-state index is -0.525. The van der Waals surface area contributed by atoms with Gasteiger partial charge in [-0.2, -0.15) is 0 Å². The van der Waals surface area contributed by atoms with Crippen LogP contribution in [-0.2, 0) is 11.2 Å². The molecule has 0 fully saturated rings. The van der Waals surface area contributed by atoms with Crippen LogP contribution < -0.4 is 11.1 Å². The van der Waals surface area contributed by atoms with Crippen molar-refractivity contribution in [2.75, 3.05) is 11.9 Å². The molecule has 20 heavy (non-hydrogen) atoms. The Morgan fingerprint density at radius 2 is 2.05 bits per heavy atom. The van der Waals surface area contributed by atoms with E-state index in [1.165, 1.54) is 0 Å². The summed E-state index contributed by atoms with van der Waals surface area (Å²) in [7, 11) is 0. The molecule has 0 aliphatic carbocycles. The molecule has 4 nitrogen and oxygen atoms in total. The fourth-order valence-corrected chi connectivity index (χ4v) is 1.93. The number of amides is 1. The van der Waals surface area contributed by atoms with Gasteiger partial charge < -0.3 is 10.5 Å². The van der Waals surface area contributed by atoms with Crippen LogP contribution in [-0.4, -0.2) is 18.2 Å². The number of nitrogens with one attached hydrogen (secondary N) is 1. The Labute approximate surface area is 125 Å². The van der Waals surface area contributed by atoms with Crippen molar-refractivity contribution in [3.8, 4) is 0 Å². The van der Waals surface area contributed by atoms with Crippen LogP contribution in [0.2, 0.25) is 5.02 Å². The molecule has 0 aliphatic heterocycles. The lowest BCUT2D eigenvalue weighted by Gasteiger charge is -2.20. The number of unbranched alkanes of at least 4 members (excludes halogenated alkanes) is 1. The molecule has 0 radical (unpaired) electrons. The van der Waals surface area contributed by atoms with E-state index >= 15 is 0 Å². The highest BCUT2D eigenvalue weighted by Crippen LogP contribution is 2.23. The molecule has 0 bridgehead atoms. The molecule has 1 aromatic rings. The highest BCUT2D eigenvalue weighted by Gasteiger charge is 2.17. The molecule has 0 saturated carbocycles. The monoisotopic (exact) mass is 298 g/mol. The van der Waals surface area contributed by atoms with Crippen LogP contribution in [0.15, 0.2) is 18.2 Å². The largest absolute Gasteiger partial charge is 0.444 e. The van der Waals surface area contributed by atoms with E-state index in [1.807, 2.05) is 32.9 Å². The zero-order valence-electron chi connectivity index (χ0n) is 12.3. The Morgan fingerprint density at radius 3 is 2.65 bits per heavy atom. The van der Waals surface area contributed by atoms with Gasteiger partial charge >= 0.3 is 6.09 Å². The number of rotatable bonds is 5. The molecule has 0 aromatic heterocycles. The minimum Gasteiger partial charge on any atom is -0.444 e. The third kappa shape index (κ3) is 6.26. The quantitative estimate of drug-likeness (QED) is 0.808. The predicted molar refractivity (Wildman–Crippen MR) is 83.3 cm³/mol. The third-order valence-electron chi connectivity index (χ3n) is 2.61. The first-order chi connectivity index (χ1) is 9.31. The average molecular weight is 299 g/mol. The number of aryl methyl sites for hydroxylation is 1. The molecular formula is C15H23ClN2O2. The highest BCUT2D eigenvalue weighted by molar-refractivity contribution is 6.31. The first-order valence-corrected chi connectivity index (χ1v) is 7.18. The second kappa shape index (κ2) is 7.50. The van der Waals surface area contributed by atoms with E-state index < -0.39 is 11.7 Å². The molecule has 3 N–H and O–H groups in total. The number of hydrogen-bond acceptors (Lipinski definition) is 3. The lowest BCUT2D eigenvalue weighted by molar-refractivity contribution is 0.0636. The first kappa shape index (κ1) is 16.8. The third-order valence-corrected chi connectivity index (χ3v) is 2.84. The van der Waals surface area contributed by atoms with Crippen molar-refractivity contribution < 1.29 is 9.53 Å². The number of nitrogens with two attached hydrogens (primary N) is 1. The average Bonchev–Trinajstić information content (AvgIpc) is 2.29. The molecule has 0 saturated heterocycles. The standard InChI is InChI=1S/C15H23ClN2O2/c1-15(2,3)20-14(19)18-13-10-12(16)8-7-11(13)6-4-5-9-17/h7-8,10H,4-6,9,17H2,1-3H3,(H,18,19). The maximum atomic E-state index is 11.8. The van der Waals surface area contributed by atoms with Gasteiger partial charge in [-0.15, -0.1) is 0 Å². The molecule has 1 amide bonds. The van der Waals surface area contributed by atoms with Crippen molar-refractivity contribution in [2.45, 2.75) is 45.6 Å². The lowest BCUT2D eigenvalue weighted by atomic mass is 10.1. The summed E-state index contributed by atoms with van der Waals surface area (Å²) in [6.45, 7) is 6.15. The Kier molecular flexibility index (Phi) is 6.30. The number of carbonyl (C=O) groups excluding carboxylic acids is 1. The van der Waals surface area contributed by atoms with E-state index in [1.54, 1.807) is 6.07 Å². The van der Waals surface area contributed by atoms with E-state index in [4.69, 9.17) is 22.1 Å². The van der Waals surface area contributed by atoms with E-state index in [9.17, 15) is 4.79 Å². The maximum Gasteiger partial charge on any atom is 0.412 e. The molecular weight excluding hydrogens is 276 g/mol. The second-order valence-corrected chi connectivity index (χ2v) is 6.11. The Morgan fingerprint density at radius 1 is 1.35 bits per heavy atom. The molecule has 0 spiro atoms. The van der Waals surface area contributed by atoms with Crippen molar-refractivity contribution in [1.29, 1.82) is 0 Å². The second-order valence-electron chi connectivity index (χ2n) is 5.67. The van der Waals surface area contributed by atoms with E-state index in [0.29, 0.717) is 17.3 Å². The number of halogens is 1. The van der Waals surface area contributed by atoms with Crippen LogP contribution >= 0.6 is 11.6 Å². The van der Waals surface area contributed by atoms with Gasteiger partial charge in [-0.05, 0) is 64.3 Å². The van der Waals surface area contributed by atoms with Crippen LogP contribution in [0.1, 0.15) is 39.2 Å². The summed E-state index contributed by atoms with van der Waals surface area (Å²) in [6.07, 6.45) is 2.30. The highest BCUT2D eigenvalue weighted by atomic mass is 35.5. The maximum absolute atomic E-state index is 11.8. The fourth-order valence-electron chi connectivity index (χ4n) is 1.76. The number of carbonyl (C=O) groups is 1. The molecule has 1 rings (SSSR count). The van der Waals surface area contributed by atoms with Gasteiger partial charge in [0.25, 0.3) is 0 Å². The minimum absolute atomic E-state index is 0.472. The number of hydrogen-bond donors (Lipinski definition) is 2. The van der Waals surface area contributed by atoms with Crippen LogP contribution in [0.4, 0.5) is 10.5 Å². The van der Waals surface area contributed by atoms with Gasteiger partial charge in [-0.25, -0.2) is 4.79 Å². The van der Waals surface area contributed by atoms with Gasteiger partial charge in [-0.3, -0.25) is 5.32 Å². The summed E-state index contributed by atoms with van der Waals surface area (Å²) in [4.78, 5) is 11.8. The Bertz CT molecular complexity index is 456. The molecule has 0 heterocycles. The van der Waals surface area contributed by atoms with Crippen LogP contribution in [0.5, 0.6) is 0 Å². The lowest BCUT2D eigenvalue weighted by Crippen LogP contribution is -2.27. The molecule has 0 aliphatic rings. The van der Waals surface area contributed by atoms with E-state index in [2.05, 4.69) is 5.32 Å². The Hall–Kier alpha value is -1.26. The summed E-state index contributed by atoms with van der Waals surface area (Å²) >= 11 is 5.98. The summed E-state index contributed by atoms with van der Waals surface area (Å²) in [5.74, 6) is 0. The smallest absolute Gasteiger partial charge is 0.412 e. The van der Waals surface area contributed by atoms with Crippen LogP contribution in [0.3, 0.4) is 0 Å². The SMILES string of the molecule is CC(C)(C)OC(=O)Nc1cc(Cl)ccc1CCCCN. The fraction of sp³-hybridized carbons (Fsp3) is 0.533. The van der Waals surface area contributed by atoms with Crippen molar-refractivity contribution in [3.63, 3.8) is 0 Å². The van der Waals surface area contributed by atoms with Gasteiger partial charge in [0.15, 0.2) is 0 Å². The van der Waals surface area contributed by atoms with Crippen LogP contribution in [0, 0.1) is 0 Å². The number of benzene rings is 1. The molecule has 1 aromatic carbocycles.